The first-order valence-corrected chi connectivity index (χ1v) is 4.71. The number of hydrogen-bond acceptors (Lipinski definition) is 4. The Kier molecular flexibility index (Phi) is 2.24. The molecular formula is C5H7F2N3O2S. The summed E-state index contributed by atoms with van der Waals surface area (Å²) in [5.41, 5.74) is 4.89. The van der Waals surface area contributed by atoms with E-state index in [1.807, 2.05) is 0 Å². The van der Waals surface area contributed by atoms with Crippen molar-refractivity contribution < 1.29 is 17.2 Å². The Morgan fingerprint density at radius 1 is 1.62 bits per heavy atom. The zero-order chi connectivity index (χ0) is 10.2. The molecule has 8 heteroatoms. The molecule has 1 rings (SSSR count). The van der Waals surface area contributed by atoms with Gasteiger partial charge in [-0.25, -0.2) is 8.42 Å². The fourth-order valence-corrected chi connectivity index (χ4v) is 1.58. The van der Waals surface area contributed by atoms with E-state index in [-0.39, 0.29) is 5.69 Å². The smallest absolute Gasteiger partial charge is 0.342 e. The molecule has 74 valence electrons. The maximum atomic E-state index is 12.0. The van der Waals surface area contributed by atoms with E-state index in [4.69, 9.17) is 5.73 Å². The van der Waals surface area contributed by atoms with E-state index in [1.165, 1.54) is 7.05 Å². The third-order valence-electron chi connectivity index (χ3n) is 1.33. The monoisotopic (exact) mass is 211 g/mol. The van der Waals surface area contributed by atoms with Crippen molar-refractivity contribution in [3.8, 4) is 0 Å². The Morgan fingerprint density at radius 2 is 2.15 bits per heavy atom. The van der Waals surface area contributed by atoms with Crippen LogP contribution in [0, 0.1) is 0 Å². The third kappa shape index (κ3) is 1.62. The van der Waals surface area contributed by atoms with Gasteiger partial charge in [0.25, 0.3) is 9.84 Å². The topological polar surface area (TPSA) is 78.0 Å². The van der Waals surface area contributed by atoms with E-state index in [0.29, 0.717) is 0 Å². The van der Waals surface area contributed by atoms with Crippen LogP contribution in [0.5, 0.6) is 0 Å². The molecule has 0 unspecified atom stereocenters. The molecule has 2 N–H and O–H groups in total. The van der Waals surface area contributed by atoms with Gasteiger partial charge < -0.3 is 5.73 Å². The van der Waals surface area contributed by atoms with E-state index in [2.05, 4.69) is 5.10 Å². The second-order valence-electron chi connectivity index (χ2n) is 2.37. The van der Waals surface area contributed by atoms with Crippen molar-refractivity contribution >= 4 is 15.5 Å². The number of nitrogen functional groups attached to an aromatic ring is 1. The Bertz CT molecular complexity index is 411. The Morgan fingerprint density at radius 3 is 2.46 bits per heavy atom. The number of alkyl halides is 2. The third-order valence-corrected chi connectivity index (χ3v) is 2.65. The maximum absolute atomic E-state index is 12.0. The number of hydrogen-bond donors (Lipinski definition) is 1. The molecule has 0 saturated heterocycles. The molecule has 0 radical (unpaired) electrons. The van der Waals surface area contributed by atoms with Crippen molar-refractivity contribution in [1.29, 1.82) is 0 Å². The van der Waals surface area contributed by atoms with Gasteiger partial charge in [-0.15, -0.1) is 0 Å². The first-order valence-electron chi connectivity index (χ1n) is 3.17. The predicted octanol–water partition coefficient (Wildman–Crippen LogP) is -0.00140. The van der Waals surface area contributed by atoms with Gasteiger partial charge in [0.2, 0.25) is 5.03 Å². The van der Waals surface area contributed by atoms with Crippen molar-refractivity contribution in [3.63, 3.8) is 0 Å². The SMILES string of the molecule is Cn1cc(N)c(S(=O)(=O)C(F)F)n1. The molecule has 0 aliphatic rings. The van der Waals surface area contributed by atoms with Gasteiger partial charge in [-0.05, 0) is 0 Å². The minimum Gasteiger partial charge on any atom is -0.395 e. The minimum atomic E-state index is -4.68. The van der Waals surface area contributed by atoms with Crippen LogP contribution in [0.15, 0.2) is 11.2 Å². The highest BCUT2D eigenvalue weighted by Gasteiger charge is 2.31. The van der Waals surface area contributed by atoms with Crippen molar-refractivity contribution in [2.45, 2.75) is 10.8 Å². The molecule has 0 saturated carbocycles. The summed E-state index contributed by atoms with van der Waals surface area (Å²) in [5.74, 6) is -3.50. The van der Waals surface area contributed by atoms with Gasteiger partial charge in [-0.2, -0.15) is 13.9 Å². The lowest BCUT2D eigenvalue weighted by molar-refractivity contribution is 0.234. The average Bonchev–Trinajstić information content (AvgIpc) is 2.30. The van der Waals surface area contributed by atoms with Crippen LogP contribution < -0.4 is 5.73 Å². The summed E-state index contributed by atoms with van der Waals surface area (Å²) in [5, 5.41) is 2.55. The fourth-order valence-electron chi connectivity index (χ4n) is 0.792. The van der Waals surface area contributed by atoms with Crippen LogP contribution in [0.4, 0.5) is 14.5 Å². The van der Waals surface area contributed by atoms with Gasteiger partial charge in [0.1, 0.15) is 0 Å². The van der Waals surface area contributed by atoms with Crippen molar-refractivity contribution in [2.24, 2.45) is 7.05 Å². The number of aromatic nitrogens is 2. The Labute approximate surface area is 73.1 Å². The Balaban J connectivity index is 3.31. The molecule has 1 aromatic heterocycles. The number of aryl methyl sites for hydroxylation is 1. The summed E-state index contributed by atoms with van der Waals surface area (Å²) >= 11 is 0. The van der Waals surface area contributed by atoms with Gasteiger partial charge in [0.15, 0.2) is 0 Å². The molecule has 1 heterocycles. The highest BCUT2D eigenvalue weighted by atomic mass is 32.2. The molecule has 0 amide bonds. The second-order valence-corrected chi connectivity index (χ2v) is 4.20. The van der Waals surface area contributed by atoms with Crippen LogP contribution in [0.1, 0.15) is 0 Å². The van der Waals surface area contributed by atoms with E-state index in [9.17, 15) is 17.2 Å². The van der Waals surface area contributed by atoms with Crippen molar-refractivity contribution in [1.82, 2.24) is 9.78 Å². The molecule has 5 nitrogen and oxygen atoms in total. The van der Waals surface area contributed by atoms with Gasteiger partial charge >= 0.3 is 5.76 Å². The fraction of sp³-hybridized carbons (Fsp3) is 0.400. The Hall–Kier alpha value is -1.18. The number of nitrogens with zero attached hydrogens (tertiary/aromatic N) is 2. The van der Waals surface area contributed by atoms with E-state index < -0.39 is 20.6 Å². The van der Waals surface area contributed by atoms with Crippen LogP contribution in [-0.2, 0) is 16.9 Å². The van der Waals surface area contributed by atoms with Crippen molar-refractivity contribution in [2.75, 3.05) is 5.73 Å². The van der Waals surface area contributed by atoms with Crippen LogP contribution >= 0.6 is 0 Å². The van der Waals surface area contributed by atoms with Gasteiger partial charge in [-0.1, -0.05) is 0 Å². The number of nitrogens with two attached hydrogens (primary N) is 1. The lowest BCUT2D eigenvalue weighted by Crippen LogP contribution is -2.13. The summed E-state index contributed by atoms with van der Waals surface area (Å²) in [6.07, 6.45) is 1.15. The molecule has 0 aromatic carbocycles. The second kappa shape index (κ2) is 2.95. The standard InChI is InChI=1S/C5H7F2N3O2S/c1-10-2-3(8)4(9-10)13(11,12)5(6)7/h2,5H,8H2,1H3. The molecule has 1 aromatic rings. The summed E-state index contributed by atoms with van der Waals surface area (Å²) in [6, 6.07) is 0. The number of halogens is 2. The van der Waals surface area contributed by atoms with E-state index >= 15 is 0 Å². The van der Waals surface area contributed by atoms with Crippen LogP contribution in [0.3, 0.4) is 0 Å². The lowest BCUT2D eigenvalue weighted by Gasteiger charge is -1.98. The maximum Gasteiger partial charge on any atom is 0.342 e. The molecule has 0 fully saturated rings. The summed E-state index contributed by atoms with van der Waals surface area (Å²) in [6.45, 7) is 0. The highest BCUT2D eigenvalue weighted by Crippen LogP contribution is 2.21. The summed E-state index contributed by atoms with van der Waals surface area (Å²) < 4.78 is 46.8. The molecule has 0 atom stereocenters. The highest BCUT2D eigenvalue weighted by molar-refractivity contribution is 7.91. The molecular weight excluding hydrogens is 204 g/mol. The average molecular weight is 211 g/mol. The van der Waals surface area contributed by atoms with Gasteiger partial charge in [-0.3, -0.25) is 4.68 Å². The molecule has 13 heavy (non-hydrogen) atoms. The minimum absolute atomic E-state index is 0.275. The van der Waals surface area contributed by atoms with E-state index in [0.717, 1.165) is 10.9 Å². The summed E-state index contributed by atoms with van der Waals surface area (Å²) in [7, 11) is -3.29. The van der Waals surface area contributed by atoms with Crippen LogP contribution in [0.25, 0.3) is 0 Å². The quantitative estimate of drug-likeness (QED) is 0.746. The molecule has 0 spiro atoms. The van der Waals surface area contributed by atoms with Crippen LogP contribution in [-0.4, -0.2) is 24.0 Å². The number of rotatable bonds is 2. The zero-order valence-electron chi connectivity index (χ0n) is 6.61. The normalized spacial score (nSPS) is 12.3. The number of anilines is 1. The van der Waals surface area contributed by atoms with Crippen LogP contribution in [0.2, 0.25) is 0 Å². The first kappa shape index (κ1) is 9.90. The molecule has 0 aliphatic carbocycles. The van der Waals surface area contributed by atoms with Crippen molar-refractivity contribution in [3.05, 3.63) is 6.20 Å². The van der Waals surface area contributed by atoms with Gasteiger partial charge in [0, 0.05) is 13.2 Å². The lowest BCUT2D eigenvalue weighted by atomic mass is 10.6. The van der Waals surface area contributed by atoms with Gasteiger partial charge in [0.05, 0.1) is 5.69 Å². The van der Waals surface area contributed by atoms with E-state index in [1.54, 1.807) is 0 Å². The molecule has 0 bridgehead atoms. The zero-order valence-corrected chi connectivity index (χ0v) is 7.42. The first-order chi connectivity index (χ1) is 5.85. The largest absolute Gasteiger partial charge is 0.395 e. The predicted molar refractivity (Wildman–Crippen MR) is 40.8 cm³/mol. The number of sulfone groups is 1. The molecule has 0 aliphatic heterocycles. The summed E-state index contributed by atoms with van der Waals surface area (Å²) in [4.78, 5) is 0.